The minimum Gasteiger partial charge on any atom is -0.331 e. The summed E-state index contributed by atoms with van der Waals surface area (Å²) in [5.74, 6) is -0.0951. The molecular formula is C14H16N2O2. The van der Waals surface area contributed by atoms with Gasteiger partial charge in [-0.1, -0.05) is 17.7 Å². The third-order valence-corrected chi connectivity index (χ3v) is 3.92. The Morgan fingerprint density at radius 3 is 2.33 bits per heavy atom. The van der Waals surface area contributed by atoms with Gasteiger partial charge in [-0.3, -0.25) is 4.79 Å². The van der Waals surface area contributed by atoms with Gasteiger partial charge in [0.05, 0.1) is 17.6 Å². The maximum Gasteiger partial charge on any atom is 0.329 e. The first-order valence-corrected chi connectivity index (χ1v) is 6.31. The third-order valence-electron chi connectivity index (χ3n) is 3.92. The highest BCUT2D eigenvalue weighted by molar-refractivity contribution is 6.16. The highest BCUT2D eigenvalue weighted by atomic mass is 16.2. The van der Waals surface area contributed by atoms with Crippen LogP contribution in [-0.4, -0.2) is 17.5 Å². The zero-order valence-electron chi connectivity index (χ0n) is 10.4. The summed E-state index contributed by atoms with van der Waals surface area (Å²) in [4.78, 5) is 25.5. The van der Waals surface area contributed by atoms with Crippen molar-refractivity contribution < 1.29 is 9.59 Å². The first kappa shape index (κ1) is 11.3. The van der Waals surface area contributed by atoms with Crippen LogP contribution in [0.25, 0.3) is 0 Å². The highest BCUT2D eigenvalue weighted by Gasteiger charge is 2.47. The van der Waals surface area contributed by atoms with E-state index in [0.29, 0.717) is 12.1 Å². The summed E-state index contributed by atoms with van der Waals surface area (Å²) in [6.07, 6.45) is 3.36. The second-order valence-corrected chi connectivity index (χ2v) is 5.31. The van der Waals surface area contributed by atoms with Crippen LogP contribution < -0.4 is 10.2 Å². The second kappa shape index (κ2) is 3.83. The molecule has 0 atom stereocenters. The molecule has 1 aromatic carbocycles. The van der Waals surface area contributed by atoms with Crippen molar-refractivity contribution >= 4 is 17.6 Å². The monoisotopic (exact) mass is 244 g/mol. The lowest BCUT2D eigenvalue weighted by Gasteiger charge is -2.47. The van der Waals surface area contributed by atoms with Crippen molar-refractivity contribution in [2.45, 2.75) is 38.1 Å². The Labute approximate surface area is 106 Å². The summed E-state index contributed by atoms with van der Waals surface area (Å²) in [6, 6.07) is 7.15. The molecule has 3 rings (SSSR count). The second-order valence-electron chi connectivity index (χ2n) is 5.31. The van der Waals surface area contributed by atoms with Crippen LogP contribution in [0.1, 0.15) is 31.2 Å². The number of rotatable bonds is 1. The molecular weight excluding hydrogens is 228 g/mol. The van der Waals surface area contributed by atoms with E-state index in [1.54, 1.807) is 0 Å². The molecule has 1 aliphatic carbocycles. The number of urea groups is 1. The van der Waals surface area contributed by atoms with Gasteiger partial charge in [-0.15, -0.1) is 0 Å². The Balaban J connectivity index is 1.87. The van der Waals surface area contributed by atoms with E-state index >= 15 is 0 Å². The first-order chi connectivity index (χ1) is 8.60. The van der Waals surface area contributed by atoms with Gasteiger partial charge in [0, 0.05) is 0 Å². The number of nitrogens with zero attached hydrogens (tertiary/aromatic N) is 1. The molecule has 4 nitrogen and oxygen atoms in total. The Kier molecular flexibility index (Phi) is 2.40. The van der Waals surface area contributed by atoms with Crippen molar-refractivity contribution in [2.24, 2.45) is 0 Å². The van der Waals surface area contributed by atoms with Gasteiger partial charge < -0.3 is 5.32 Å². The lowest BCUT2D eigenvalue weighted by Crippen LogP contribution is -2.65. The zero-order chi connectivity index (χ0) is 12.8. The molecule has 2 aliphatic rings. The van der Waals surface area contributed by atoms with E-state index in [0.717, 1.165) is 24.8 Å². The number of imide groups is 1. The quantitative estimate of drug-likeness (QED) is 0.824. The fourth-order valence-corrected chi connectivity index (χ4v) is 2.67. The molecule has 1 saturated carbocycles. The largest absolute Gasteiger partial charge is 0.331 e. The van der Waals surface area contributed by atoms with Crippen LogP contribution in [0.2, 0.25) is 0 Å². The smallest absolute Gasteiger partial charge is 0.329 e. The fourth-order valence-electron chi connectivity index (χ4n) is 2.67. The van der Waals surface area contributed by atoms with Crippen LogP contribution in [0.5, 0.6) is 0 Å². The normalized spacial score (nSPS) is 21.7. The maximum atomic E-state index is 12.2. The summed E-state index contributed by atoms with van der Waals surface area (Å²) in [7, 11) is 0. The first-order valence-electron chi connectivity index (χ1n) is 6.31. The Morgan fingerprint density at radius 2 is 1.83 bits per heavy atom. The summed E-state index contributed by atoms with van der Waals surface area (Å²) >= 11 is 0. The number of hydrogen-bond donors (Lipinski definition) is 1. The van der Waals surface area contributed by atoms with E-state index < -0.39 is 0 Å². The van der Waals surface area contributed by atoms with Crippen molar-refractivity contribution in [2.75, 3.05) is 4.90 Å². The van der Waals surface area contributed by atoms with Gasteiger partial charge in [-0.05, 0) is 38.3 Å². The number of hydrogen-bond acceptors (Lipinski definition) is 2. The van der Waals surface area contributed by atoms with Crippen molar-refractivity contribution in [1.29, 1.82) is 0 Å². The van der Waals surface area contributed by atoms with Crippen LogP contribution in [-0.2, 0) is 4.79 Å². The van der Waals surface area contributed by atoms with Gasteiger partial charge in [0.1, 0.15) is 0 Å². The van der Waals surface area contributed by atoms with Crippen molar-refractivity contribution in [1.82, 2.24) is 5.32 Å². The molecule has 0 bridgehead atoms. The number of nitrogens with one attached hydrogen (secondary N) is 1. The average Bonchev–Trinajstić information content (AvgIpc) is 2.28. The van der Waals surface area contributed by atoms with Gasteiger partial charge in [-0.25, -0.2) is 9.69 Å². The van der Waals surface area contributed by atoms with Crippen LogP contribution in [0.15, 0.2) is 24.3 Å². The van der Waals surface area contributed by atoms with E-state index in [9.17, 15) is 9.59 Å². The van der Waals surface area contributed by atoms with Crippen molar-refractivity contribution in [3.05, 3.63) is 29.8 Å². The molecule has 1 saturated heterocycles. The minimum absolute atomic E-state index is 0.0951. The molecule has 2 fully saturated rings. The number of carbonyl (C=O) groups excluding carboxylic acids is 2. The molecule has 0 unspecified atom stereocenters. The lowest BCUT2D eigenvalue weighted by atomic mass is 9.73. The number of amides is 3. The molecule has 1 aliphatic heterocycles. The topological polar surface area (TPSA) is 49.4 Å². The van der Waals surface area contributed by atoms with Gasteiger partial charge >= 0.3 is 6.03 Å². The van der Waals surface area contributed by atoms with E-state index in [-0.39, 0.29) is 17.5 Å². The molecule has 94 valence electrons. The van der Waals surface area contributed by atoms with Gasteiger partial charge in [0.2, 0.25) is 5.91 Å². The SMILES string of the molecule is Cc1ccc(N2C(=O)CC3(CCC3)NC2=O)cc1. The number of anilines is 1. The van der Waals surface area contributed by atoms with Gasteiger partial charge in [0.15, 0.2) is 0 Å². The summed E-state index contributed by atoms with van der Waals surface area (Å²) in [6.45, 7) is 1.98. The zero-order valence-corrected chi connectivity index (χ0v) is 10.4. The van der Waals surface area contributed by atoms with E-state index in [1.807, 2.05) is 31.2 Å². The molecule has 0 radical (unpaired) electrons. The maximum absolute atomic E-state index is 12.2. The Hall–Kier alpha value is -1.84. The molecule has 18 heavy (non-hydrogen) atoms. The summed E-state index contributed by atoms with van der Waals surface area (Å²) < 4.78 is 0. The minimum atomic E-state index is -0.283. The third kappa shape index (κ3) is 1.68. The van der Waals surface area contributed by atoms with Crippen LogP contribution in [0.4, 0.5) is 10.5 Å². The molecule has 4 heteroatoms. The number of benzene rings is 1. The summed E-state index contributed by atoms with van der Waals surface area (Å²) in [5, 5.41) is 2.99. The van der Waals surface area contributed by atoms with Crippen molar-refractivity contribution in [3.63, 3.8) is 0 Å². The number of aryl methyl sites for hydroxylation is 1. The predicted molar refractivity (Wildman–Crippen MR) is 68.4 cm³/mol. The van der Waals surface area contributed by atoms with Crippen LogP contribution in [0.3, 0.4) is 0 Å². The Bertz CT molecular complexity index is 483. The summed E-state index contributed by atoms with van der Waals surface area (Å²) in [5.41, 5.74) is 1.52. The fraction of sp³-hybridized carbons (Fsp3) is 0.429. The van der Waals surface area contributed by atoms with E-state index in [1.165, 1.54) is 4.90 Å². The highest BCUT2D eigenvalue weighted by Crippen LogP contribution is 2.38. The molecule has 1 N–H and O–H groups in total. The van der Waals surface area contributed by atoms with Crippen LogP contribution in [0, 0.1) is 6.92 Å². The molecule has 1 aromatic rings. The van der Waals surface area contributed by atoms with Gasteiger partial charge in [0.25, 0.3) is 0 Å². The van der Waals surface area contributed by atoms with E-state index in [2.05, 4.69) is 5.32 Å². The lowest BCUT2D eigenvalue weighted by molar-refractivity contribution is -0.121. The molecule has 1 heterocycles. The average molecular weight is 244 g/mol. The van der Waals surface area contributed by atoms with Crippen LogP contribution >= 0.6 is 0 Å². The Morgan fingerprint density at radius 1 is 1.17 bits per heavy atom. The molecule has 3 amide bonds. The molecule has 1 spiro atoms. The van der Waals surface area contributed by atoms with E-state index in [4.69, 9.17) is 0 Å². The standard InChI is InChI=1S/C14H16N2O2/c1-10-3-5-11(6-4-10)16-12(17)9-14(7-2-8-14)15-13(16)18/h3-6H,2,7-9H2,1H3,(H,15,18). The predicted octanol–water partition coefficient (Wildman–Crippen LogP) is 2.36. The van der Waals surface area contributed by atoms with Gasteiger partial charge in [-0.2, -0.15) is 0 Å². The van der Waals surface area contributed by atoms with Crippen molar-refractivity contribution in [3.8, 4) is 0 Å². The molecule has 0 aromatic heterocycles. The number of carbonyl (C=O) groups is 2.